The van der Waals surface area contributed by atoms with Crippen LogP contribution in [0.2, 0.25) is 0 Å². The van der Waals surface area contributed by atoms with Crippen LogP contribution in [0.1, 0.15) is 33.1 Å². The Morgan fingerprint density at radius 1 is 1.29 bits per heavy atom. The van der Waals surface area contributed by atoms with Crippen molar-refractivity contribution < 1.29 is 17.9 Å². The van der Waals surface area contributed by atoms with E-state index in [-0.39, 0.29) is 6.61 Å². The second-order valence-electron chi connectivity index (χ2n) is 4.10. The first-order chi connectivity index (χ1) is 7.83. The van der Waals surface area contributed by atoms with Gasteiger partial charge < -0.3 is 4.74 Å². The largest absolute Gasteiger partial charge is 0.411 e. The Morgan fingerprint density at radius 3 is 2.41 bits per heavy atom. The van der Waals surface area contributed by atoms with E-state index < -0.39 is 18.3 Å². The van der Waals surface area contributed by atoms with Crippen molar-refractivity contribution in [1.29, 1.82) is 5.26 Å². The minimum absolute atomic E-state index is 0.0765. The quantitative estimate of drug-likeness (QED) is 0.675. The number of alkyl halides is 3. The summed E-state index contributed by atoms with van der Waals surface area (Å²) in [6.07, 6.45) is -2.47. The average molecular weight is 252 g/mol. The van der Waals surface area contributed by atoms with Crippen LogP contribution < -0.4 is 5.32 Å². The van der Waals surface area contributed by atoms with E-state index in [9.17, 15) is 13.2 Å². The molecule has 0 rings (SSSR count). The van der Waals surface area contributed by atoms with Gasteiger partial charge >= 0.3 is 6.18 Å². The molecule has 0 aromatic rings. The van der Waals surface area contributed by atoms with Gasteiger partial charge in [0.25, 0.3) is 0 Å². The molecule has 0 heterocycles. The normalized spacial score (nSPS) is 15.3. The first-order valence-electron chi connectivity index (χ1n) is 5.64. The molecule has 0 aromatic heterocycles. The SMILES string of the molecule is CCNC(C)(C#N)CCCCOCC(F)(F)F. The molecule has 1 N–H and O–H groups in total. The molecule has 0 bridgehead atoms. The van der Waals surface area contributed by atoms with E-state index in [1.54, 1.807) is 6.92 Å². The number of halogens is 3. The van der Waals surface area contributed by atoms with E-state index in [1.165, 1.54) is 0 Å². The highest BCUT2D eigenvalue weighted by Gasteiger charge is 2.27. The molecule has 0 radical (unpaired) electrons. The number of nitrogens with one attached hydrogen (secondary N) is 1. The summed E-state index contributed by atoms with van der Waals surface area (Å²) in [5, 5.41) is 12.0. The highest BCUT2D eigenvalue weighted by atomic mass is 19.4. The zero-order valence-electron chi connectivity index (χ0n) is 10.2. The van der Waals surface area contributed by atoms with E-state index in [2.05, 4.69) is 16.1 Å². The number of nitriles is 1. The lowest BCUT2D eigenvalue weighted by Gasteiger charge is -2.22. The Morgan fingerprint density at radius 2 is 1.94 bits per heavy atom. The molecule has 0 fully saturated rings. The molecule has 0 aliphatic rings. The first-order valence-corrected chi connectivity index (χ1v) is 5.64. The molecule has 0 saturated carbocycles. The Kier molecular flexibility index (Phi) is 7.16. The zero-order chi connectivity index (χ0) is 13.4. The lowest BCUT2D eigenvalue weighted by Crippen LogP contribution is -2.40. The zero-order valence-corrected chi connectivity index (χ0v) is 10.2. The van der Waals surface area contributed by atoms with Crippen LogP contribution in [0, 0.1) is 11.3 Å². The van der Waals surface area contributed by atoms with Crippen molar-refractivity contribution in [3.8, 4) is 6.07 Å². The van der Waals surface area contributed by atoms with Gasteiger partial charge in [0.15, 0.2) is 0 Å². The van der Waals surface area contributed by atoms with Gasteiger partial charge in [-0.15, -0.1) is 0 Å². The van der Waals surface area contributed by atoms with Crippen LogP contribution in [-0.2, 0) is 4.74 Å². The minimum Gasteiger partial charge on any atom is -0.372 e. The average Bonchev–Trinajstić information content (AvgIpc) is 2.22. The summed E-state index contributed by atoms with van der Waals surface area (Å²) in [6, 6.07) is 2.16. The lowest BCUT2D eigenvalue weighted by atomic mass is 9.97. The highest BCUT2D eigenvalue weighted by Crippen LogP contribution is 2.16. The second kappa shape index (κ2) is 7.51. The summed E-state index contributed by atoms with van der Waals surface area (Å²) in [5.41, 5.74) is -0.598. The van der Waals surface area contributed by atoms with Gasteiger partial charge in [-0.2, -0.15) is 18.4 Å². The molecular formula is C11H19F3N2O. The molecule has 0 amide bonds. The Balaban J connectivity index is 3.61. The van der Waals surface area contributed by atoms with Crippen LogP contribution in [0.4, 0.5) is 13.2 Å². The number of hydrogen-bond donors (Lipinski definition) is 1. The van der Waals surface area contributed by atoms with Crippen LogP contribution >= 0.6 is 0 Å². The number of rotatable bonds is 8. The minimum atomic E-state index is -4.26. The number of unbranched alkanes of at least 4 members (excludes halogenated alkanes) is 1. The highest BCUT2D eigenvalue weighted by molar-refractivity contribution is 5.03. The summed E-state index contributed by atoms with van der Waals surface area (Å²) < 4.78 is 39.7. The summed E-state index contributed by atoms with van der Waals surface area (Å²) in [6.45, 7) is 3.26. The van der Waals surface area contributed by atoms with Crippen LogP contribution in [0.5, 0.6) is 0 Å². The van der Waals surface area contributed by atoms with Crippen molar-refractivity contribution in [2.75, 3.05) is 19.8 Å². The Hall–Kier alpha value is -0.800. The molecule has 1 atom stereocenters. The van der Waals surface area contributed by atoms with Crippen molar-refractivity contribution in [1.82, 2.24) is 5.32 Å². The molecule has 0 aromatic carbocycles. The van der Waals surface area contributed by atoms with Gasteiger partial charge in [0, 0.05) is 6.61 Å². The summed E-state index contributed by atoms with van der Waals surface area (Å²) in [7, 11) is 0. The molecule has 17 heavy (non-hydrogen) atoms. The summed E-state index contributed by atoms with van der Waals surface area (Å²) in [4.78, 5) is 0. The summed E-state index contributed by atoms with van der Waals surface area (Å²) >= 11 is 0. The molecular weight excluding hydrogens is 233 g/mol. The fourth-order valence-corrected chi connectivity index (χ4v) is 1.44. The lowest BCUT2D eigenvalue weighted by molar-refractivity contribution is -0.174. The molecule has 0 saturated heterocycles. The predicted octanol–water partition coefficient (Wildman–Crippen LogP) is 2.63. The molecule has 100 valence electrons. The van der Waals surface area contributed by atoms with Crippen LogP contribution in [0.15, 0.2) is 0 Å². The molecule has 1 unspecified atom stereocenters. The molecule has 3 nitrogen and oxygen atoms in total. The van der Waals surface area contributed by atoms with E-state index >= 15 is 0 Å². The maximum atomic E-state index is 11.7. The molecule has 0 spiro atoms. The van der Waals surface area contributed by atoms with Gasteiger partial charge in [0.05, 0.1) is 6.07 Å². The van der Waals surface area contributed by atoms with Gasteiger partial charge in [-0.05, 0) is 32.7 Å². The number of hydrogen-bond acceptors (Lipinski definition) is 3. The van der Waals surface area contributed by atoms with Crippen molar-refractivity contribution in [2.45, 2.75) is 44.8 Å². The van der Waals surface area contributed by atoms with Crippen LogP contribution in [0.25, 0.3) is 0 Å². The van der Waals surface area contributed by atoms with Crippen molar-refractivity contribution >= 4 is 0 Å². The van der Waals surface area contributed by atoms with Gasteiger partial charge in [-0.1, -0.05) is 6.92 Å². The van der Waals surface area contributed by atoms with E-state index in [1.807, 2.05) is 6.92 Å². The Labute approximate surface area is 99.9 Å². The van der Waals surface area contributed by atoms with Gasteiger partial charge in [0.1, 0.15) is 12.1 Å². The van der Waals surface area contributed by atoms with Crippen molar-refractivity contribution in [2.24, 2.45) is 0 Å². The van der Waals surface area contributed by atoms with Crippen molar-refractivity contribution in [3.05, 3.63) is 0 Å². The molecule has 0 aliphatic heterocycles. The maximum Gasteiger partial charge on any atom is 0.411 e. The fourth-order valence-electron chi connectivity index (χ4n) is 1.44. The smallest absolute Gasteiger partial charge is 0.372 e. The molecule has 0 aliphatic carbocycles. The standard InChI is InChI=1S/C11H19F3N2O/c1-3-16-10(2,8-15)6-4-5-7-17-9-11(12,13)14/h16H,3-7,9H2,1-2H3. The molecule has 6 heteroatoms. The van der Waals surface area contributed by atoms with Gasteiger partial charge in [-0.25, -0.2) is 0 Å². The van der Waals surface area contributed by atoms with E-state index in [4.69, 9.17) is 5.26 Å². The van der Waals surface area contributed by atoms with Crippen LogP contribution in [0.3, 0.4) is 0 Å². The predicted molar refractivity (Wildman–Crippen MR) is 58.4 cm³/mol. The van der Waals surface area contributed by atoms with E-state index in [0.717, 1.165) is 0 Å². The Bertz CT molecular complexity index is 250. The third-order valence-corrected chi connectivity index (χ3v) is 2.29. The maximum absolute atomic E-state index is 11.7. The van der Waals surface area contributed by atoms with Gasteiger partial charge in [0.2, 0.25) is 0 Å². The van der Waals surface area contributed by atoms with E-state index in [0.29, 0.717) is 25.8 Å². The summed E-state index contributed by atoms with van der Waals surface area (Å²) in [5.74, 6) is 0. The van der Waals surface area contributed by atoms with Gasteiger partial charge in [-0.3, -0.25) is 5.32 Å². The number of ether oxygens (including phenoxy) is 1. The number of nitrogens with zero attached hydrogens (tertiary/aromatic N) is 1. The fraction of sp³-hybridized carbons (Fsp3) is 0.909. The monoisotopic (exact) mass is 252 g/mol. The third-order valence-electron chi connectivity index (χ3n) is 2.29. The third kappa shape index (κ3) is 8.95. The van der Waals surface area contributed by atoms with Crippen LogP contribution in [-0.4, -0.2) is 31.5 Å². The van der Waals surface area contributed by atoms with Crippen molar-refractivity contribution in [3.63, 3.8) is 0 Å². The first kappa shape index (κ1) is 16.2. The topological polar surface area (TPSA) is 45.0 Å². The second-order valence-corrected chi connectivity index (χ2v) is 4.10.